The summed E-state index contributed by atoms with van der Waals surface area (Å²) in [5.41, 5.74) is 1.70. The highest BCUT2D eigenvalue weighted by molar-refractivity contribution is 6.01. The number of tetrazole rings is 1. The summed E-state index contributed by atoms with van der Waals surface area (Å²) in [7, 11) is 0. The molecule has 0 saturated carbocycles. The number of amides is 1. The van der Waals surface area contributed by atoms with Gasteiger partial charge in [-0.15, -0.1) is 10.2 Å². The first-order valence-corrected chi connectivity index (χ1v) is 5.92. The molecule has 8 heteroatoms. The van der Waals surface area contributed by atoms with E-state index >= 15 is 0 Å². The first kappa shape index (κ1) is 12.0. The SMILES string of the molecule is O=C(Nc1cccc(Cn2cccn2)c1)c1nn[nH]n1. The van der Waals surface area contributed by atoms with Crippen LogP contribution in [0.2, 0.25) is 0 Å². The van der Waals surface area contributed by atoms with Crippen molar-refractivity contribution in [3.63, 3.8) is 0 Å². The van der Waals surface area contributed by atoms with E-state index in [4.69, 9.17) is 0 Å². The Hall–Kier alpha value is -3.03. The summed E-state index contributed by atoms with van der Waals surface area (Å²) in [5.74, 6) is -0.405. The maximum atomic E-state index is 11.8. The minimum atomic E-state index is -0.407. The number of benzene rings is 1. The van der Waals surface area contributed by atoms with Gasteiger partial charge < -0.3 is 5.32 Å². The predicted octanol–water partition coefficient (Wildman–Crippen LogP) is 0.697. The second-order valence-corrected chi connectivity index (χ2v) is 4.09. The quantitative estimate of drug-likeness (QED) is 0.725. The fourth-order valence-electron chi connectivity index (χ4n) is 1.77. The van der Waals surface area contributed by atoms with Gasteiger partial charge in [0.15, 0.2) is 0 Å². The van der Waals surface area contributed by atoms with Crippen LogP contribution in [0.3, 0.4) is 0 Å². The standard InChI is InChI=1S/C12H11N7O/c20-12(11-15-17-18-16-11)14-10-4-1-3-9(7-10)8-19-6-2-5-13-19/h1-7H,8H2,(H,14,20)(H,15,16,17,18). The average molecular weight is 269 g/mol. The molecule has 0 bridgehead atoms. The third kappa shape index (κ3) is 2.69. The number of anilines is 1. The summed E-state index contributed by atoms with van der Waals surface area (Å²) < 4.78 is 1.81. The summed E-state index contributed by atoms with van der Waals surface area (Å²) in [6.45, 7) is 0.638. The highest BCUT2D eigenvalue weighted by atomic mass is 16.2. The summed E-state index contributed by atoms with van der Waals surface area (Å²) in [6, 6.07) is 9.36. The Labute approximate surface area is 113 Å². The van der Waals surface area contributed by atoms with Crippen molar-refractivity contribution in [1.82, 2.24) is 30.4 Å². The van der Waals surface area contributed by atoms with Crippen LogP contribution in [0.4, 0.5) is 5.69 Å². The Kier molecular flexibility index (Phi) is 3.19. The zero-order chi connectivity index (χ0) is 13.8. The van der Waals surface area contributed by atoms with Gasteiger partial charge in [0, 0.05) is 18.1 Å². The molecule has 0 aliphatic carbocycles. The molecule has 0 saturated heterocycles. The number of aromatic nitrogens is 6. The second kappa shape index (κ2) is 5.31. The van der Waals surface area contributed by atoms with Gasteiger partial charge in [0.05, 0.1) is 6.54 Å². The zero-order valence-electron chi connectivity index (χ0n) is 10.4. The van der Waals surface area contributed by atoms with Gasteiger partial charge in [0.2, 0.25) is 0 Å². The van der Waals surface area contributed by atoms with Crippen molar-refractivity contribution in [3.05, 3.63) is 54.1 Å². The number of hydrogen-bond donors (Lipinski definition) is 2. The van der Waals surface area contributed by atoms with Crippen LogP contribution in [0.15, 0.2) is 42.7 Å². The lowest BCUT2D eigenvalue weighted by atomic mass is 10.2. The Bertz CT molecular complexity index is 690. The van der Waals surface area contributed by atoms with E-state index in [2.05, 4.69) is 31.0 Å². The number of carbonyl (C=O) groups excluding carboxylic acids is 1. The molecule has 8 nitrogen and oxygen atoms in total. The molecule has 0 aliphatic rings. The first-order valence-electron chi connectivity index (χ1n) is 5.92. The van der Waals surface area contributed by atoms with Crippen molar-refractivity contribution >= 4 is 11.6 Å². The van der Waals surface area contributed by atoms with E-state index in [9.17, 15) is 4.79 Å². The first-order chi connectivity index (χ1) is 9.81. The Morgan fingerprint density at radius 2 is 2.30 bits per heavy atom. The predicted molar refractivity (Wildman–Crippen MR) is 69.9 cm³/mol. The molecule has 0 aliphatic heterocycles. The lowest BCUT2D eigenvalue weighted by Crippen LogP contribution is -2.14. The third-order valence-electron chi connectivity index (χ3n) is 2.64. The van der Waals surface area contributed by atoms with Gasteiger partial charge in [-0.05, 0) is 29.0 Å². The number of H-pyrrole nitrogens is 1. The van der Waals surface area contributed by atoms with Gasteiger partial charge in [-0.1, -0.05) is 12.1 Å². The van der Waals surface area contributed by atoms with Crippen LogP contribution in [0.1, 0.15) is 16.2 Å². The molecule has 0 radical (unpaired) electrons. The molecule has 0 unspecified atom stereocenters. The Morgan fingerprint density at radius 1 is 1.35 bits per heavy atom. The molecular formula is C12H11N7O. The molecule has 20 heavy (non-hydrogen) atoms. The van der Waals surface area contributed by atoms with E-state index in [1.54, 1.807) is 16.9 Å². The van der Waals surface area contributed by atoms with Crippen molar-refractivity contribution in [2.75, 3.05) is 5.32 Å². The molecular weight excluding hydrogens is 258 g/mol. The van der Waals surface area contributed by atoms with Gasteiger partial charge in [0.1, 0.15) is 0 Å². The number of carbonyl (C=O) groups is 1. The Morgan fingerprint density at radius 3 is 3.05 bits per heavy atom. The summed E-state index contributed by atoms with van der Waals surface area (Å²) in [6.07, 6.45) is 3.60. The molecule has 2 N–H and O–H groups in total. The normalized spacial score (nSPS) is 10.4. The highest BCUT2D eigenvalue weighted by Crippen LogP contribution is 2.12. The van der Waals surface area contributed by atoms with E-state index in [1.165, 1.54) is 0 Å². The van der Waals surface area contributed by atoms with Gasteiger partial charge in [0.25, 0.3) is 11.7 Å². The van der Waals surface area contributed by atoms with Crippen LogP contribution < -0.4 is 5.32 Å². The molecule has 3 aromatic rings. The molecule has 2 aromatic heterocycles. The molecule has 0 fully saturated rings. The molecule has 0 spiro atoms. The van der Waals surface area contributed by atoms with Crippen LogP contribution in [-0.2, 0) is 6.54 Å². The van der Waals surface area contributed by atoms with Gasteiger partial charge in [-0.3, -0.25) is 9.48 Å². The molecule has 100 valence electrons. The fourth-order valence-corrected chi connectivity index (χ4v) is 1.77. The number of rotatable bonds is 4. The Balaban J connectivity index is 1.73. The zero-order valence-corrected chi connectivity index (χ0v) is 10.4. The largest absolute Gasteiger partial charge is 0.319 e. The average Bonchev–Trinajstić information content (AvgIpc) is 3.12. The summed E-state index contributed by atoms with van der Waals surface area (Å²) >= 11 is 0. The van der Waals surface area contributed by atoms with E-state index in [0.29, 0.717) is 12.2 Å². The third-order valence-corrected chi connectivity index (χ3v) is 2.64. The lowest BCUT2D eigenvalue weighted by molar-refractivity contribution is 0.101. The van der Waals surface area contributed by atoms with Gasteiger partial charge in [-0.25, -0.2) is 0 Å². The minimum absolute atomic E-state index is 0.00230. The van der Waals surface area contributed by atoms with Crippen LogP contribution in [-0.4, -0.2) is 36.3 Å². The maximum Gasteiger partial charge on any atom is 0.297 e. The fraction of sp³-hybridized carbons (Fsp3) is 0.0833. The topological polar surface area (TPSA) is 101 Å². The van der Waals surface area contributed by atoms with Crippen LogP contribution in [0.5, 0.6) is 0 Å². The minimum Gasteiger partial charge on any atom is -0.319 e. The number of aromatic amines is 1. The van der Waals surface area contributed by atoms with Crippen molar-refractivity contribution in [1.29, 1.82) is 0 Å². The molecule has 2 heterocycles. The second-order valence-electron chi connectivity index (χ2n) is 4.09. The smallest absolute Gasteiger partial charge is 0.297 e. The van der Waals surface area contributed by atoms with Gasteiger partial charge in [-0.2, -0.15) is 10.3 Å². The van der Waals surface area contributed by atoms with E-state index in [-0.39, 0.29) is 5.82 Å². The van der Waals surface area contributed by atoms with Crippen LogP contribution in [0, 0.1) is 0 Å². The van der Waals surface area contributed by atoms with Crippen LogP contribution >= 0.6 is 0 Å². The summed E-state index contributed by atoms with van der Waals surface area (Å²) in [4.78, 5) is 11.8. The highest BCUT2D eigenvalue weighted by Gasteiger charge is 2.10. The van der Waals surface area contributed by atoms with E-state index < -0.39 is 5.91 Å². The summed E-state index contributed by atoms with van der Waals surface area (Å²) in [5, 5.41) is 19.7. The molecule has 3 rings (SSSR count). The van der Waals surface area contributed by atoms with E-state index in [0.717, 1.165) is 5.56 Å². The van der Waals surface area contributed by atoms with Gasteiger partial charge >= 0.3 is 0 Å². The van der Waals surface area contributed by atoms with E-state index in [1.807, 2.05) is 30.5 Å². The monoisotopic (exact) mass is 269 g/mol. The maximum absolute atomic E-state index is 11.8. The van der Waals surface area contributed by atoms with Crippen molar-refractivity contribution in [3.8, 4) is 0 Å². The number of hydrogen-bond acceptors (Lipinski definition) is 5. The lowest BCUT2D eigenvalue weighted by Gasteiger charge is -2.06. The van der Waals surface area contributed by atoms with Crippen molar-refractivity contribution in [2.45, 2.75) is 6.54 Å². The number of nitrogens with one attached hydrogen (secondary N) is 2. The van der Waals surface area contributed by atoms with Crippen LogP contribution in [0.25, 0.3) is 0 Å². The van der Waals surface area contributed by atoms with Crippen molar-refractivity contribution in [2.24, 2.45) is 0 Å². The van der Waals surface area contributed by atoms with Crippen molar-refractivity contribution < 1.29 is 4.79 Å². The molecule has 1 aromatic carbocycles. The molecule has 0 atom stereocenters. The number of nitrogens with zero attached hydrogens (tertiary/aromatic N) is 5. The molecule has 1 amide bonds.